The van der Waals surface area contributed by atoms with E-state index >= 15 is 0 Å². The number of benzene rings is 3. The molecule has 2 heterocycles. The highest BCUT2D eigenvalue weighted by Gasteiger charge is 2.25. The number of hydrogen-bond acceptors (Lipinski definition) is 7. The third-order valence-electron chi connectivity index (χ3n) is 5.46. The monoisotopic (exact) mass is 551 g/mol. The number of thiophene rings is 1. The lowest BCUT2D eigenvalue weighted by atomic mass is 10.1. The highest BCUT2D eigenvalue weighted by molar-refractivity contribution is 7.21. The summed E-state index contributed by atoms with van der Waals surface area (Å²) in [5.74, 6) is -0.385. The van der Waals surface area contributed by atoms with Crippen LogP contribution in [-0.4, -0.2) is 24.4 Å². The van der Waals surface area contributed by atoms with E-state index in [9.17, 15) is 9.59 Å². The fraction of sp³-hybridized carbons (Fsp3) is 0.107. The number of cyclic esters (lactones) is 1. The first-order valence-corrected chi connectivity index (χ1v) is 12.9. The van der Waals surface area contributed by atoms with Gasteiger partial charge in [0.25, 0.3) is 0 Å². The Kier molecular flexibility index (Phi) is 7.02. The van der Waals surface area contributed by atoms with Crippen molar-refractivity contribution < 1.29 is 23.8 Å². The summed E-state index contributed by atoms with van der Waals surface area (Å²) in [6.45, 7) is 4.14. The fourth-order valence-electron chi connectivity index (χ4n) is 3.70. The molecule has 0 saturated heterocycles. The second kappa shape index (κ2) is 10.4. The number of halogens is 2. The first kappa shape index (κ1) is 25.0. The first-order chi connectivity index (χ1) is 17.8. The molecular weight excluding hydrogens is 533 g/mol. The summed E-state index contributed by atoms with van der Waals surface area (Å²) in [6.07, 6.45) is 1.57. The average Bonchev–Trinajstić information content (AvgIpc) is 3.40. The van der Waals surface area contributed by atoms with Crippen LogP contribution in [0.1, 0.15) is 33.3 Å². The number of rotatable bonds is 6. The van der Waals surface area contributed by atoms with E-state index in [-0.39, 0.29) is 17.3 Å². The van der Waals surface area contributed by atoms with Crippen molar-refractivity contribution in [2.24, 2.45) is 4.99 Å². The van der Waals surface area contributed by atoms with E-state index in [0.29, 0.717) is 38.4 Å². The van der Waals surface area contributed by atoms with Crippen molar-refractivity contribution in [2.45, 2.75) is 13.8 Å². The normalized spacial score (nSPS) is 14.1. The molecular formula is C28H19Cl2NO5S. The smallest absolute Gasteiger partial charge is 0.363 e. The highest BCUT2D eigenvalue weighted by atomic mass is 35.5. The number of nitrogens with zero attached hydrogens (tertiary/aromatic N) is 1. The molecule has 0 bridgehead atoms. The number of aryl methyl sites for hydroxylation is 1. The third kappa shape index (κ3) is 5.25. The van der Waals surface area contributed by atoms with Crippen LogP contribution in [0.5, 0.6) is 11.5 Å². The van der Waals surface area contributed by atoms with E-state index < -0.39 is 11.9 Å². The molecule has 0 atom stereocenters. The SMILES string of the molecule is CCOc1cc(/C=C2/N=C(c3ccc(Cl)cc3)OC2=O)ccc1OC(=O)c1sc2cc(C)ccc2c1Cl. The quantitative estimate of drug-likeness (QED) is 0.141. The minimum atomic E-state index is -0.576. The summed E-state index contributed by atoms with van der Waals surface area (Å²) >= 11 is 13.7. The van der Waals surface area contributed by atoms with E-state index in [0.717, 1.165) is 15.6 Å². The summed E-state index contributed by atoms with van der Waals surface area (Å²) in [5, 5.41) is 1.73. The lowest BCUT2D eigenvalue weighted by Gasteiger charge is -2.11. The van der Waals surface area contributed by atoms with E-state index in [1.54, 1.807) is 48.5 Å². The van der Waals surface area contributed by atoms with E-state index in [4.69, 9.17) is 37.4 Å². The van der Waals surface area contributed by atoms with Gasteiger partial charge in [-0.3, -0.25) is 0 Å². The molecule has 0 radical (unpaired) electrons. The molecule has 0 spiro atoms. The van der Waals surface area contributed by atoms with Gasteiger partial charge in [0, 0.05) is 20.7 Å². The zero-order valence-electron chi connectivity index (χ0n) is 19.7. The van der Waals surface area contributed by atoms with Crippen molar-refractivity contribution in [3.63, 3.8) is 0 Å². The second-order valence-corrected chi connectivity index (χ2v) is 9.98. The standard InChI is InChI=1S/C28H19Cl2NO5S/c1-3-34-22-14-16(13-20-27(32)36-26(31-20)17-6-8-18(29)9-7-17)5-11-21(22)35-28(33)25-24(30)19-10-4-15(2)12-23(19)37-25/h4-14H,3H2,1-2H3/b20-13+. The van der Waals surface area contributed by atoms with Gasteiger partial charge in [0.05, 0.1) is 11.6 Å². The van der Waals surface area contributed by atoms with Crippen LogP contribution in [0.4, 0.5) is 0 Å². The van der Waals surface area contributed by atoms with Crippen LogP contribution in [0, 0.1) is 6.92 Å². The van der Waals surface area contributed by atoms with Gasteiger partial charge in [0.2, 0.25) is 5.90 Å². The summed E-state index contributed by atoms with van der Waals surface area (Å²) in [7, 11) is 0. The predicted molar refractivity (Wildman–Crippen MR) is 146 cm³/mol. The minimum Gasteiger partial charge on any atom is -0.490 e. The Balaban J connectivity index is 1.41. The van der Waals surface area contributed by atoms with Gasteiger partial charge in [-0.25, -0.2) is 14.6 Å². The zero-order chi connectivity index (χ0) is 26.1. The molecule has 1 aromatic heterocycles. The van der Waals surface area contributed by atoms with Crippen LogP contribution in [0.2, 0.25) is 10.0 Å². The summed E-state index contributed by atoms with van der Waals surface area (Å²) in [5.41, 5.74) is 2.45. The van der Waals surface area contributed by atoms with Gasteiger partial charge in [0.15, 0.2) is 17.2 Å². The third-order valence-corrected chi connectivity index (χ3v) is 7.34. The van der Waals surface area contributed by atoms with Crippen molar-refractivity contribution >= 4 is 68.5 Å². The van der Waals surface area contributed by atoms with Crippen LogP contribution in [0.15, 0.2) is 71.4 Å². The summed E-state index contributed by atoms with van der Waals surface area (Å²) < 4.78 is 17.6. The second-order valence-electron chi connectivity index (χ2n) is 8.12. The molecule has 0 saturated carbocycles. The number of ether oxygens (including phenoxy) is 3. The van der Waals surface area contributed by atoms with Gasteiger partial charge in [-0.1, -0.05) is 41.4 Å². The zero-order valence-corrected chi connectivity index (χ0v) is 22.0. The Hall–Kier alpha value is -3.65. The Morgan fingerprint density at radius 2 is 1.84 bits per heavy atom. The molecule has 1 aliphatic heterocycles. The highest BCUT2D eigenvalue weighted by Crippen LogP contribution is 2.38. The van der Waals surface area contributed by atoms with Gasteiger partial charge in [-0.05, 0) is 73.5 Å². The van der Waals surface area contributed by atoms with Crippen LogP contribution in [0.25, 0.3) is 16.2 Å². The largest absolute Gasteiger partial charge is 0.490 e. The first-order valence-electron chi connectivity index (χ1n) is 11.3. The summed E-state index contributed by atoms with van der Waals surface area (Å²) in [6, 6.07) is 17.6. The topological polar surface area (TPSA) is 74.2 Å². The van der Waals surface area contributed by atoms with Gasteiger partial charge < -0.3 is 14.2 Å². The maximum Gasteiger partial charge on any atom is 0.363 e. The Labute approximate surface area is 226 Å². The van der Waals surface area contributed by atoms with Crippen molar-refractivity contribution in [3.05, 3.63) is 98.0 Å². The maximum atomic E-state index is 13.0. The van der Waals surface area contributed by atoms with Crippen molar-refractivity contribution in [1.82, 2.24) is 0 Å². The van der Waals surface area contributed by atoms with E-state index in [1.807, 2.05) is 32.0 Å². The van der Waals surface area contributed by atoms with Gasteiger partial charge in [-0.2, -0.15) is 0 Å². The number of hydrogen-bond donors (Lipinski definition) is 0. The van der Waals surface area contributed by atoms with Crippen molar-refractivity contribution in [1.29, 1.82) is 0 Å². The van der Waals surface area contributed by atoms with Gasteiger partial charge in [-0.15, -0.1) is 11.3 Å². The Bertz CT molecular complexity index is 1610. The Morgan fingerprint density at radius 1 is 1.05 bits per heavy atom. The number of esters is 2. The van der Waals surface area contributed by atoms with E-state index in [2.05, 4.69) is 4.99 Å². The number of fused-ring (bicyclic) bond motifs is 1. The van der Waals surface area contributed by atoms with Gasteiger partial charge in [0.1, 0.15) is 4.88 Å². The van der Waals surface area contributed by atoms with Gasteiger partial charge >= 0.3 is 11.9 Å². The molecule has 0 N–H and O–H groups in total. The molecule has 0 fully saturated rings. The van der Waals surface area contributed by atoms with Crippen molar-refractivity contribution in [2.75, 3.05) is 6.61 Å². The summed E-state index contributed by atoms with van der Waals surface area (Å²) in [4.78, 5) is 30.0. The minimum absolute atomic E-state index is 0.129. The van der Waals surface area contributed by atoms with Crippen LogP contribution in [0.3, 0.4) is 0 Å². The molecule has 0 aliphatic carbocycles. The number of aliphatic imine (C=N–C) groups is 1. The van der Waals surface area contributed by atoms with E-state index in [1.165, 1.54) is 11.3 Å². The molecule has 37 heavy (non-hydrogen) atoms. The maximum absolute atomic E-state index is 13.0. The van der Waals surface area contributed by atoms with Crippen LogP contribution >= 0.6 is 34.5 Å². The Morgan fingerprint density at radius 3 is 2.59 bits per heavy atom. The molecule has 186 valence electrons. The number of carbonyl (C=O) groups excluding carboxylic acids is 2. The van der Waals surface area contributed by atoms with Crippen molar-refractivity contribution in [3.8, 4) is 11.5 Å². The molecule has 4 aromatic rings. The lowest BCUT2D eigenvalue weighted by molar-refractivity contribution is -0.129. The molecule has 0 unspecified atom stereocenters. The predicted octanol–water partition coefficient (Wildman–Crippen LogP) is 7.48. The number of carbonyl (C=O) groups is 2. The lowest BCUT2D eigenvalue weighted by Crippen LogP contribution is -2.08. The molecule has 5 rings (SSSR count). The van der Waals surface area contributed by atoms with Crippen LogP contribution in [-0.2, 0) is 9.53 Å². The molecule has 9 heteroatoms. The molecule has 3 aromatic carbocycles. The molecule has 1 aliphatic rings. The molecule has 6 nitrogen and oxygen atoms in total. The molecule has 0 amide bonds. The average molecular weight is 552 g/mol. The fourth-order valence-corrected chi connectivity index (χ4v) is 5.31. The van der Waals surface area contributed by atoms with Crippen LogP contribution < -0.4 is 9.47 Å².